The standard InChI is InChI=1S/C10H11NO3S2/c12-16(13,14)7-5-11-9-3-1-2-8-4-6-15-10(8)9/h1-4,6,11H,5,7H2,(H,12,13,14). The number of anilines is 1. The first kappa shape index (κ1) is 11.4. The van der Waals surface area contributed by atoms with Gasteiger partial charge in [0.2, 0.25) is 0 Å². The topological polar surface area (TPSA) is 66.4 Å². The van der Waals surface area contributed by atoms with Crippen molar-refractivity contribution in [2.75, 3.05) is 17.6 Å². The van der Waals surface area contributed by atoms with Crippen LogP contribution in [0.15, 0.2) is 29.6 Å². The molecule has 2 N–H and O–H groups in total. The highest BCUT2D eigenvalue weighted by molar-refractivity contribution is 7.85. The molecule has 86 valence electrons. The van der Waals surface area contributed by atoms with Gasteiger partial charge in [-0.05, 0) is 22.9 Å². The molecule has 0 aliphatic rings. The molecule has 2 rings (SSSR count). The number of benzene rings is 1. The summed E-state index contributed by atoms with van der Waals surface area (Å²) >= 11 is 1.60. The van der Waals surface area contributed by atoms with Crippen LogP contribution < -0.4 is 5.32 Å². The maximum atomic E-state index is 10.6. The zero-order valence-corrected chi connectivity index (χ0v) is 10.0. The lowest BCUT2D eigenvalue weighted by molar-refractivity contribution is 0.484. The Morgan fingerprint density at radius 1 is 1.31 bits per heavy atom. The van der Waals surface area contributed by atoms with E-state index in [9.17, 15) is 8.42 Å². The molecular weight excluding hydrogens is 246 g/mol. The fraction of sp³-hybridized carbons (Fsp3) is 0.200. The zero-order valence-electron chi connectivity index (χ0n) is 8.38. The maximum Gasteiger partial charge on any atom is 0.266 e. The Hall–Kier alpha value is -1.11. The fourth-order valence-electron chi connectivity index (χ4n) is 1.45. The quantitative estimate of drug-likeness (QED) is 0.824. The Kier molecular flexibility index (Phi) is 3.13. The summed E-state index contributed by atoms with van der Waals surface area (Å²) in [5, 5.41) is 6.11. The third-order valence-corrected chi connectivity index (χ3v) is 3.84. The van der Waals surface area contributed by atoms with Crippen LogP contribution in [0.25, 0.3) is 10.1 Å². The zero-order chi connectivity index (χ0) is 11.6. The van der Waals surface area contributed by atoms with Gasteiger partial charge in [-0.2, -0.15) is 8.42 Å². The second-order valence-corrected chi connectivity index (χ2v) is 5.85. The second-order valence-electron chi connectivity index (χ2n) is 3.36. The molecule has 0 amide bonds. The summed E-state index contributed by atoms with van der Waals surface area (Å²) in [7, 11) is -3.89. The van der Waals surface area contributed by atoms with E-state index >= 15 is 0 Å². The molecule has 0 radical (unpaired) electrons. The SMILES string of the molecule is O=S(=O)(O)CCNc1cccc2ccsc12. The van der Waals surface area contributed by atoms with E-state index in [1.807, 2.05) is 29.6 Å². The first-order valence-corrected chi connectivity index (χ1v) is 7.20. The van der Waals surface area contributed by atoms with Crippen LogP contribution in [0.3, 0.4) is 0 Å². The largest absolute Gasteiger partial charge is 0.383 e. The van der Waals surface area contributed by atoms with Crippen molar-refractivity contribution in [2.24, 2.45) is 0 Å². The van der Waals surface area contributed by atoms with Gasteiger partial charge in [0.1, 0.15) is 0 Å². The molecule has 16 heavy (non-hydrogen) atoms. The van der Waals surface area contributed by atoms with Crippen molar-refractivity contribution in [3.8, 4) is 0 Å². The van der Waals surface area contributed by atoms with E-state index in [-0.39, 0.29) is 12.3 Å². The number of hydrogen-bond donors (Lipinski definition) is 2. The van der Waals surface area contributed by atoms with E-state index in [1.165, 1.54) is 0 Å². The summed E-state index contributed by atoms with van der Waals surface area (Å²) in [6.07, 6.45) is 0. The van der Waals surface area contributed by atoms with Gasteiger partial charge in [-0.25, -0.2) is 0 Å². The molecule has 0 atom stereocenters. The van der Waals surface area contributed by atoms with Gasteiger partial charge in [0.25, 0.3) is 10.1 Å². The van der Waals surface area contributed by atoms with E-state index in [4.69, 9.17) is 4.55 Å². The van der Waals surface area contributed by atoms with Crippen LogP contribution in [0.2, 0.25) is 0 Å². The molecule has 0 bridgehead atoms. The average molecular weight is 257 g/mol. The summed E-state index contributed by atoms with van der Waals surface area (Å²) in [4.78, 5) is 0. The Morgan fingerprint density at radius 2 is 2.12 bits per heavy atom. The summed E-state index contributed by atoms with van der Waals surface area (Å²) in [6, 6.07) is 7.81. The Labute approximate surface area is 97.7 Å². The van der Waals surface area contributed by atoms with Crippen LogP contribution in [0.1, 0.15) is 0 Å². The van der Waals surface area contributed by atoms with E-state index in [1.54, 1.807) is 11.3 Å². The number of hydrogen-bond acceptors (Lipinski definition) is 4. The molecule has 1 aromatic heterocycles. The van der Waals surface area contributed by atoms with E-state index < -0.39 is 10.1 Å². The molecule has 0 saturated carbocycles. The lowest BCUT2D eigenvalue weighted by atomic mass is 10.2. The summed E-state index contributed by atoms with van der Waals surface area (Å²) in [5.41, 5.74) is 0.899. The lowest BCUT2D eigenvalue weighted by Crippen LogP contribution is -2.14. The minimum absolute atomic E-state index is 0.204. The highest BCUT2D eigenvalue weighted by atomic mass is 32.2. The molecule has 0 fully saturated rings. The molecule has 0 saturated heterocycles. The fourth-order valence-corrected chi connectivity index (χ4v) is 2.70. The van der Waals surface area contributed by atoms with Crippen molar-refractivity contribution < 1.29 is 13.0 Å². The molecule has 0 aliphatic carbocycles. The molecular formula is C10H11NO3S2. The van der Waals surface area contributed by atoms with Gasteiger partial charge < -0.3 is 5.32 Å². The van der Waals surface area contributed by atoms with Crippen molar-refractivity contribution >= 4 is 37.2 Å². The van der Waals surface area contributed by atoms with E-state index in [0.29, 0.717) is 0 Å². The highest BCUT2D eigenvalue weighted by Crippen LogP contribution is 2.28. The molecule has 1 heterocycles. The highest BCUT2D eigenvalue weighted by Gasteiger charge is 2.05. The average Bonchev–Trinajstić information content (AvgIpc) is 2.64. The summed E-state index contributed by atoms with van der Waals surface area (Å²) in [5.74, 6) is -0.283. The monoisotopic (exact) mass is 257 g/mol. The van der Waals surface area contributed by atoms with Gasteiger partial charge in [-0.1, -0.05) is 12.1 Å². The van der Waals surface area contributed by atoms with Gasteiger partial charge in [-0.3, -0.25) is 4.55 Å². The van der Waals surface area contributed by atoms with Gasteiger partial charge in [0, 0.05) is 6.54 Å². The predicted octanol–water partition coefficient (Wildman–Crippen LogP) is 2.20. The molecule has 0 aliphatic heterocycles. The van der Waals surface area contributed by atoms with Crippen molar-refractivity contribution in [2.45, 2.75) is 0 Å². The van der Waals surface area contributed by atoms with Crippen LogP contribution in [0.4, 0.5) is 5.69 Å². The van der Waals surface area contributed by atoms with E-state index in [2.05, 4.69) is 5.32 Å². The van der Waals surface area contributed by atoms with Crippen molar-refractivity contribution in [1.82, 2.24) is 0 Å². The molecule has 6 heteroatoms. The van der Waals surface area contributed by atoms with Crippen molar-refractivity contribution in [3.63, 3.8) is 0 Å². The third-order valence-electron chi connectivity index (χ3n) is 2.15. The van der Waals surface area contributed by atoms with Gasteiger partial charge in [0.15, 0.2) is 0 Å². The minimum atomic E-state index is -3.89. The molecule has 1 aromatic carbocycles. The number of fused-ring (bicyclic) bond motifs is 1. The normalized spacial score (nSPS) is 11.8. The van der Waals surface area contributed by atoms with Gasteiger partial charge >= 0.3 is 0 Å². The van der Waals surface area contributed by atoms with Crippen LogP contribution in [-0.2, 0) is 10.1 Å². The third kappa shape index (κ3) is 2.72. The number of rotatable bonds is 4. The Balaban J connectivity index is 2.12. The van der Waals surface area contributed by atoms with Crippen LogP contribution >= 0.6 is 11.3 Å². The smallest absolute Gasteiger partial charge is 0.266 e. The number of thiophene rings is 1. The maximum absolute atomic E-state index is 10.6. The minimum Gasteiger partial charge on any atom is -0.383 e. The van der Waals surface area contributed by atoms with E-state index in [0.717, 1.165) is 15.8 Å². The van der Waals surface area contributed by atoms with Crippen LogP contribution in [0.5, 0.6) is 0 Å². The van der Waals surface area contributed by atoms with Crippen molar-refractivity contribution in [1.29, 1.82) is 0 Å². The lowest BCUT2D eigenvalue weighted by Gasteiger charge is -2.05. The first-order chi connectivity index (χ1) is 7.56. The molecule has 4 nitrogen and oxygen atoms in total. The van der Waals surface area contributed by atoms with Gasteiger partial charge in [-0.15, -0.1) is 11.3 Å². The first-order valence-electron chi connectivity index (χ1n) is 4.71. The second kappa shape index (κ2) is 4.40. The van der Waals surface area contributed by atoms with Crippen LogP contribution in [0, 0.1) is 0 Å². The van der Waals surface area contributed by atoms with Gasteiger partial charge in [0.05, 0.1) is 16.1 Å². The Morgan fingerprint density at radius 3 is 2.88 bits per heavy atom. The summed E-state index contributed by atoms with van der Waals surface area (Å²) < 4.78 is 30.8. The number of nitrogens with one attached hydrogen (secondary N) is 1. The molecule has 0 spiro atoms. The molecule has 2 aromatic rings. The summed E-state index contributed by atoms with van der Waals surface area (Å²) in [6.45, 7) is 0.204. The Bertz CT molecular complexity index is 589. The van der Waals surface area contributed by atoms with Crippen molar-refractivity contribution in [3.05, 3.63) is 29.6 Å². The van der Waals surface area contributed by atoms with Crippen LogP contribution in [-0.4, -0.2) is 25.3 Å². The predicted molar refractivity (Wildman–Crippen MR) is 66.7 cm³/mol. The molecule has 0 unspecified atom stereocenters.